The fourth-order valence-electron chi connectivity index (χ4n) is 5.31. The summed E-state index contributed by atoms with van der Waals surface area (Å²) in [6.45, 7) is 6.15. The first kappa shape index (κ1) is 28.2. The molecule has 208 valence electrons. The van der Waals surface area contributed by atoms with Crippen LogP contribution in [0.3, 0.4) is 0 Å². The SMILES string of the molecule is C=CCNC(=O)C1N(c2cccc(C[C@@](O)(C=O)CNC(=O)c3cccc4c3CCN4)c2)CC(F)(F)C1(C)C. The van der Waals surface area contributed by atoms with E-state index in [9.17, 15) is 19.5 Å². The molecule has 39 heavy (non-hydrogen) atoms. The summed E-state index contributed by atoms with van der Waals surface area (Å²) in [6.07, 6.45) is 2.38. The van der Waals surface area contributed by atoms with Crippen LogP contribution in [-0.2, 0) is 22.4 Å². The molecule has 2 aliphatic heterocycles. The molecule has 2 aromatic rings. The lowest BCUT2D eigenvalue weighted by Crippen LogP contribution is -2.51. The summed E-state index contributed by atoms with van der Waals surface area (Å²) in [4.78, 5) is 39.1. The lowest BCUT2D eigenvalue weighted by Gasteiger charge is -2.33. The van der Waals surface area contributed by atoms with Gasteiger partial charge in [-0.25, -0.2) is 8.78 Å². The molecule has 10 heteroatoms. The molecule has 0 bridgehead atoms. The monoisotopic (exact) mass is 540 g/mol. The minimum absolute atomic E-state index is 0.144. The van der Waals surface area contributed by atoms with E-state index in [0.717, 1.165) is 17.8 Å². The van der Waals surface area contributed by atoms with Crippen LogP contribution < -0.4 is 20.9 Å². The first-order chi connectivity index (χ1) is 18.4. The van der Waals surface area contributed by atoms with Gasteiger partial charge < -0.3 is 30.8 Å². The maximum atomic E-state index is 15.0. The largest absolute Gasteiger partial charge is 0.384 e. The van der Waals surface area contributed by atoms with E-state index in [1.807, 2.05) is 6.07 Å². The molecule has 4 N–H and O–H groups in total. The number of fused-ring (bicyclic) bond motifs is 1. The minimum atomic E-state index is -3.15. The lowest BCUT2D eigenvalue weighted by molar-refractivity contribution is -0.130. The predicted octanol–water partition coefficient (Wildman–Crippen LogP) is 2.71. The number of aliphatic hydroxyl groups is 1. The van der Waals surface area contributed by atoms with Crippen LogP contribution in [0.15, 0.2) is 55.1 Å². The van der Waals surface area contributed by atoms with Crippen molar-refractivity contribution >= 4 is 29.5 Å². The van der Waals surface area contributed by atoms with Crippen molar-refractivity contribution in [2.75, 3.05) is 36.4 Å². The highest BCUT2D eigenvalue weighted by Gasteiger charge is 2.62. The van der Waals surface area contributed by atoms with E-state index >= 15 is 8.78 Å². The Morgan fingerprint density at radius 1 is 1.23 bits per heavy atom. The van der Waals surface area contributed by atoms with Crippen molar-refractivity contribution in [1.29, 1.82) is 0 Å². The highest BCUT2D eigenvalue weighted by atomic mass is 19.3. The van der Waals surface area contributed by atoms with Gasteiger partial charge in [0, 0.05) is 36.4 Å². The van der Waals surface area contributed by atoms with Crippen molar-refractivity contribution in [2.24, 2.45) is 5.41 Å². The Kier molecular flexibility index (Phi) is 7.79. The van der Waals surface area contributed by atoms with Crippen molar-refractivity contribution in [2.45, 2.75) is 44.3 Å². The Hall–Kier alpha value is -3.79. The Balaban J connectivity index is 1.52. The Morgan fingerprint density at radius 2 is 1.97 bits per heavy atom. The van der Waals surface area contributed by atoms with Crippen molar-refractivity contribution in [3.05, 3.63) is 71.8 Å². The van der Waals surface area contributed by atoms with Crippen LogP contribution in [0.4, 0.5) is 20.2 Å². The first-order valence-corrected chi connectivity index (χ1v) is 12.9. The van der Waals surface area contributed by atoms with E-state index in [-0.39, 0.29) is 19.5 Å². The quantitative estimate of drug-likeness (QED) is 0.273. The van der Waals surface area contributed by atoms with E-state index < -0.39 is 41.3 Å². The summed E-state index contributed by atoms with van der Waals surface area (Å²) < 4.78 is 30.1. The third-order valence-corrected chi connectivity index (χ3v) is 7.61. The molecule has 8 nitrogen and oxygen atoms in total. The molecule has 1 fully saturated rings. The van der Waals surface area contributed by atoms with Crippen molar-refractivity contribution in [1.82, 2.24) is 10.6 Å². The summed E-state index contributed by atoms with van der Waals surface area (Å²) in [5.74, 6) is -4.10. The molecule has 2 aromatic carbocycles. The fourth-order valence-corrected chi connectivity index (χ4v) is 5.31. The Morgan fingerprint density at radius 3 is 2.69 bits per heavy atom. The maximum Gasteiger partial charge on any atom is 0.272 e. The molecule has 1 unspecified atom stereocenters. The van der Waals surface area contributed by atoms with Gasteiger partial charge in [-0.05, 0) is 41.8 Å². The summed E-state index contributed by atoms with van der Waals surface area (Å²) >= 11 is 0. The number of nitrogens with zero attached hydrogens (tertiary/aromatic N) is 1. The van der Waals surface area contributed by atoms with Crippen molar-refractivity contribution in [3.8, 4) is 0 Å². The predicted molar refractivity (Wildman–Crippen MR) is 145 cm³/mol. The Bertz CT molecular complexity index is 1280. The number of carbonyl (C=O) groups excluding carboxylic acids is 3. The lowest BCUT2D eigenvalue weighted by atomic mass is 9.81. The number of halogens is 2. The van der Waals surface area contributed by atoms with Gasteiger partial charge in [0.25, 0.3) is 11.8 Å². The second-order valence-electron chi connectivity index (χ2n) is 10.7. The molecule has 0 aliphatic carbocycles. The maximum absolute atomic E-state index is 15.0. The summed E-state index contributed by atoms with van der Waals surface area (Å²) in [5.41, 5.74) is -0.493. The molecule has 0 spiro atoms. The number of rotatable bonds is 10. The number of alkyl halides is 2. The fraction of sp³-hybridized carbons (Fsp3) is 0.414. The van der Waals surface area contributed by atoms with Gasteiger partial charge in [0.2, 0.25) is 5.91 Å². The highest BCUT2D eigenvalue weighted by molar-refractivity contribution is 5.97. The average molecular weight is 541 g/mol. The average Bonchev–Trinajstić information content (AvgIpc) is 3.46. The molecular formula is C29H34F2N4O4. The van der Waals surface area contributed by atoms with Gasteiger partial charge in [-0.3, -0.25) is 9.59 Å². The molecule has 2 heterocycles. The van der Waals surface area contributed by atoms with Gasteiger partial charge in [0.05, 0.1) is 18.5 Å². The van der Waals surface area contributed by atoms with Gasteiger partial charge in [-0.1, -0.05) is 38.1 Å². The van der Waals surface area contributed by atoms with Crippen LogP contribution in [0.2, 0.25) is 0 Å². The molecule has 2 atom stereocenters. The summed E-state index contributed by atoms with van der Waals surface area (Å²) in [7, 11) is 0. The standard InChI is InChI=1S/C29H34F2N4O4/c1-4-12-33-26(38)24-27(2,3)29(30,31)17-35(24)20-8-5-7-19(14-20)15-28(39,18-36)16-34-25(37)22-9-6-10-23-21(22)11-13-32-23/h4-10,14,18,24,32,39H,1,11-13,15-17H2,2-3H3,(H,33,38)(H,34,37)/t24?,28-/m0/s1. The van der Waals surface area contributed by atoms with E-state index in [4.69, 9.17) is 0 Å². The van der Waals surface area contributed by atoms with Gasteiger partial charge in [-0.2, -0.15) is 0 Å². The van der Waals surface area contributed by atoms with Crippen LogP contribution in [0.25, 0.3) is 0 Å². The third-order valence-electron chi connectivity index (χ3n) is 7.61. The van der Waals surface area contributed by atoms with Crippen LogP contribution >= 0.6 is 0 Å². The van der Waals surface area contributed by atoms with Crippen molar-refractivity contribution in [3.63, 3.8) is 0 Å². The number of benzene rings is 2. The Labute approximate surface area is 226 Å². The number of anilines is 2. The number of nitrogens with one attached hydrogen (secondary N) is 3. The normalized spacial score (nSPS) is 20.3. The molecular weight excluding hydrogens is 506 g/mol. The molecule has 2 amide bonds. The van der Waals surface area contributed by atoms with E-state index in [0.29, 0.717) is 29.5 Å². The first-order valence-electron chi connectivity index (χ1n) is 12.9. The topological polar surface area (TPSA) is 111 Å². The highest BCUT2D eigenvalue weighted by Crippen LogP contribution is 2.49. The zero-order valence-corrected chi connectivity index (χ0v) is 22.1. The zero-order chi connectivity index (χ0) is 28.4. The number of aldehydes is 1. The second kappa shape index (κ2) is 10.8. The third kappa shape index (κ3) is 5.52. The van der Waals surface area contributed by atoms with Crippen LogP contribution in [-0.4, -0.2) is 67.0 Å². The zero-order valence-electron chi connectivity index (χ0n) is 22.1. The molecule has 4 rings (SSSR count). The molecule has 0 radical (unpaired) electrons. The van der Waals surface area contributed by atoms with Gasteiger partial charge in [0.1, 0.15) is 11.6 Å². The number of hydrogen-bond donors (Lipinski definition) is 4. The van der Waals surface area contributed by atoms with Gasteiger partial charge in [-0.15, -0.1) is 6.58 Å². The smallest absolute Gasteiger partial charge is 0.272 e. The minimum Gasteiger partial charge on any atom is -0.384 e. The number of hydrogen-bond acceptors (Lipinski definition) is 6. The van der Waals surface area contributed by atoms with E-state index in [1.165, 1.54) is 24.8 Å². The summed E-state index contributed by atoms with van der Waals surface area (Å²) in [6, 6.07) is 10.7. The summed E-state index contributed by atoms with van der Waals surface area (Å²) in [5, 5.41) is 19.5. The number of amides is 2. The second-order valence-corrected chi connectivity index (χ2v) is 10.7. The van der Waals surface area contributed by atoms with Crippen molar-refractivity contribution < 1.29 is 28.3 Å². The van der Waals surface area contributed by atoms with Crippen LogP contribution in [0, 0.1) is 5.41 Å². The van der Waals surface area contributed by atoms with Crippen LogP contribution in [0.5, 0.6) is 0 Å². The number of carbonyl (C=O) groups is 3. The molecule has 1 saturated heterocycles. The van der Waals surface area contributed by atoms with Gasteiger partial charge in [0.15, 0.2) is 6.29 Å². The van der Waals surface area contributed by atoms with E-state index in [2.05, 4.69) is 22.5 Å². The van der Waals surface area contributed by atoms with Gasteiger partial charge >= 0.3 is 0 Å². The molecule has 0 aromatic heterocycles. The molecule has 0 saturated carbocycles. The van der Waals surface area contributed by atoms with Crippen LogP contribution in [0.1, 0.15) is 35.3 Å². The van der Waals surface area contributed by atoms with E-state index in [1.54, 1.807) is 36.4 Å². The molecule has 2 aliphatic rings.